The van der Waals surface area contributed by atoms with Crippen LogP contribution in [-0.4, -0.2) is 34.2 Å². The number of hydrogen-bond acceptors (Lipinski definition) is 5. The average molecular weight is 476 g/mol. The van der Waals surface area contributed by atoms with Gasteiger partial charge >= 0.3 is 6.18 Å². The summed E-state index contributed by atoms with van der Waals surface area (Å²) < 4.78 is 59.4. The van der Waals surface area contributed by atoms with E-state index in [0.717, 1.165) is 35.4 Å². The minimum atomic E-state index is -4.46. The van der Waals surface area contributed by atoms with Gasteiger partial charge < -0.3 is 9.84 Å². The Morgan fingerprint density at radius 3 is 2.50 bits per heavy atom. The lowest BCUT2D eigenvalue weighted by molar-refractivity contribution is -0.385. The van der Waals surface area contributed by atoms with E-state index in [0.29, 0.717) is 18.7 Å². The van der Waals surface area contributed by atoms with Crippen molar-refractivity contribution in [2.75, 3.05) is 13.2 Å². The second-order valence-corrected chi connectivity index (χ2v) is 8.03. The zero-order valence-electron chi connectivity index (χ0n) is 17.8. The number of nitrogens with zero attached hydrogens (tertiary/aromatic N) is 2. The maximum absolute atomic E-state index is 13.9. The van der Waals surface area contributed by atoms with Gasteiger partial charge in [-0.3, -0.25) is 15.0 Å². The summed E-state index contributed by atoms with van der Waals surface area (Å²) in [4.78, 5) is 11.9. The molecule has 0 aromatic heterocycles. The number of halogens is 4. The molecule has 178 valence electrons. The van der Waals surface area contributed by atoms with Gasteiger partial charge in [0.15, 0.2) is 11.6 Å². The molecule has 0 bridgehead atoms. The van der Waals surface area contributed by atoms with E-state index in [2.05, 4.69) is 0 Å². The van der Waals surface area contributed by atoms with Crippen LogP contribution in [-0.2, 0) is 19.3 Å². The zero-order chi connectivity index (χ0) is 24.5. The van der Waals surface area contributed by atoms with Gasteiger partial charge in [-0.2, -0.15) is 13.2 Å². The molecule has 0 fully saturated rings. The van der Waals surface area contributed by atoms with E-state index in [9.17, 15) is 32.8 Å². The molecule has 4 rings (SSSR count). The van der Waals surface area contributed by atoms with Crippen LogP contribution in [0.15, 0.2) is 60.7 Å². The third kappa shape index (κ3) is 5.18. The van der Waals surface area contributed by atoms with Crippen molar-refractivity contribution in [2.24, 2.45) is 0 Å². The number of aliphatic hydroxyl groups is 1. The van der Waals surface area contributed by atoms with Crippen LogP contribution in [0.1, 0.15) is 16.7 Å². The van der Waals surface area contributed by atoms with Gasteiger partial charge in [0.2, 0.25) is 0 Å². The zero-order valence-corrected chi connectivity index (χ0v) is 17.8. The van der Waals surface area contributed by atoms with Crippen LogP contribution >= 0.6 is 0 Å². The van der Waals surface area contributed by atoms with Gasteiger partial charge in [-0.1, -0.05) is 30.3 Å². The predicted molar refractivity (Wildman–Crippen MR) is 116 cm³/mol. The van der Waals surface area contributed by atoms with Gasteiger partial charge in [-0.15, -0.1) is 0 Å². The highest BCUT2D eigenvalue weighted by Crippen LogP contribution is 2.38. The molecule has 0 radical (unpaired) electrons. The Morgan fingerprint density at radius 2 is 1.79 bits per heavy atom. The van der Waals surface area contributed by atoms with Gasteiger partial charge in [0.1, 0.15) is 12.7 Å². The molecule has 1 heterocycles. The first kappa shape index (κ1) is 23.7. The highest BCUT2D eigenvalue weighted by Gasteiger charge is 2.33. The van der Waals surface area contributed by atoms with Crippen molar-refractivity contribution in [2.45, 2.75) is 25.4 Å². The first-order valence-corrected chi connectivity index (χ1v) is 10.4. The number of non-ortho nitro benzene ring substituents is 1. The van der Waals surface area contributed by atoms with Crippen molar-refractivity contribution < 1.29 is 32.3 Å². The predicted octanol–water partition coefficient (Wildman–Crippen LogP) is 5.18. The number of rotatable bonds is 7. The highest BCUT2D eigenvalue weighted by atomic mass is 19.4. The molecule has 1 N–H and O–H groups in total. The van der Waals surface area contributed by atoms with Gasteiger partial charge in [0.05, 0.1) is 16.6 Å². The molecule has 0 saturated carbocycles. The van der Waals surface area contributed by atoms with Crippen LogP contribution in [0.25, 0.3) is 11.1 Å². The average Bonchev–Trinajstić information content (AvgIpc) is 3.18. The second-order valence-electron chi connectivity index (χ2n) is 8.03. The van der Waals surface area contributed by atoms with E-state index in [1.165, 1.54) is 12.1 Å². The molecule has 10 heteroatoms. The first-order valence-electron chi connectivity index (χ1n) is 10.4. The summed E-state index contributed by atoms with van der Waals surface area (Å²) in [5.41, 5.74) is 1.28. The van der Waals surface area contributed by atoms with Crippen molar-refractivity contribution in [3.63, 3.8) is 0 Å². The Kier molecular flexibility index (Phi) is 6.54. The smallest absolute Gasteiger partial charge is 0.417 e. The van der Waals surface area contributed by atoms with Crippen molar-refractivity contribution in [3.8, 4) is 16.9 Å². The molecule has 0 amide bonds. The minimum absolute atomic E-state index is 0.106. The van der Waals surface area contributed by atoms with Crippen LogP contribution in [0.5, 0.6) is 5.75 Å². The maximum Gasteiger partial charge on any atom is 0.417 e. The van der Waals surface area contributed by atoms with Gasteiger partial charge in [-0.05, 0) is 40.5 Å². The molecule has 1 atom stereocenters. The molecule has 1 unspecified atom stereocenters. The number of ether oxygens (including phenoxy) is 1. The summed E-state index contributed by atoms with van der Waals surface area (Å²) in [6, 6.07) is 13.6. The maximum atomic E-state index is 13.9. The summed E-state index contributed by atoms with van der Waals surface area (Å²) >= 11 is 0. The lowest BCUT2D eigenvalue weighted by Gasteiger charge is -2.19. The summed E-state index contributed by atoms with van der Waals surface area (Å²) in [6.07, 6.45) is -5.44. The monoisotopic (exact) mass is 476 g/mol. The number of benzene rings is 3. The molecule has 6 nitrogen and oxygen atoms in total. The molecule has 0 saturated heterocycles. The lowest BCUT2D eigenvalue weighted by atomic mass is 9.96. The summed E-state index contributed by atoms with van der Waals surface area (Å²) in [6.45, 7) is 0.892. The largest absolute Gasteiger partial charge is 0.488 e. The van der Waals surface area contributed by atoms with Gasteiger partial charge in [0.25, 0.3) is 5.69 Å². The van der Waals surface area contributed by atoms with Crippen LogP contribution in [0, 0.1) is 15.9 Å². The summed E-state index contributed by atoms with van der Waals surface area (Å²) in [5, 5.41) is 21.0. The van der Waals surface area contributed by atoms with E-state index in [1.54, 1.807) is 24.3 Å². The fourth-order valence-corrected chi connectivity index (χ4v) is 4.00. The fourth-order valence-electron chi connectivity index (χ4n) is 4.00. The number of nitro groups is 1. The van der Waals surface area contributed by atoms with Crippen LogP contribution in [0.2, 0.25) is 0 Å². The molecule has 34 heavy (non-hydrogen) atoms. The lowest BCUT2D eigenvalue weighted by Crippen LogP contribution is -2.32. The van der Waals surface area contributed by atoms with Gasteiger partial charge in [-0.25, -0.2) is 4.39 Å². The van der Waals surface area contributed by atoms with Crippen LogP contribution < -0.4 is 4.74 Å². The number of nitro benzene ring substituents is 1. The fraction of sp³-hybridized carbons (Fsp3) is 0.250. The van der Waals surface area contributed by atoms with E-state index in [4.69, 9.17) is 4.74 Å². The number of alkyl halides is 3. The van der Waals surface area contributed by atoms with Crippen LogP contribution in [0.3, 0.4) is 0 Å². The van der Waals surface area contributed by atoms with E-state index >= 15 is 0 Å². The molecule has 0 aliphatic carbocycles. The Balaban J connectivity index is 1.39. The molecule has 1 aliphatic heterocycles. The Bertz CT molecular complexity index is 1220. The molecule has 0 spiro atoms. The summed E-state index contributed by atoms with van der Waals surface area (Å²) in [7, 11) is 0. The standard InChI is InChI=1S/C24H20F4N2O4/c25-22-10-18(30(32)33)7-8-23(22)34-14-19(31)13-29-11-16-6-5-15(9-17(16)12-29)20-3-1-2-4-21(20)24(26,27)28/h1-10,19,31H,11-14H2. The molecule has 3 aromatic rings. The molecule has 1 aliphatic rings. The third-order valence-corrected chi connectivity index (χ3v) is 5.56. The van der Waals surface area contributed by atoms with Crippen molar-refractivity contribution >= 4 is 5.69 Å². The normalized spacial score (nSPS) is 14.6. The number of fused-ring (bicyclic) bond motifs is 1. The van der Waals surface area contributed by atoms with E-state index < -0.39 is 34.3 Å². The summed E-state index contributed by atoms with van der Waals surface area (Å²) in [5.74, 6) is -1.11. The topological polar surface area (TPSA) is 75.8 Å². The first-order chi connectivity index (χ1) is 16.1. The molecular weight excluding hydrogens is 456 g/mol. The Hall–Kier alpha value is -3.50. The highest BCUT2D eigenvalue weighted by molar-refractivity contribution is 5.69. The van der Waals surface area contributed by atoms with Crippen molar-refractivity contribution in [1.29, 1.82) is 0 Å². The molecular formula is C24H20F4N2O4. The number of hydrogen-bond donors (Lipinski definition) is 1. The Labute approximate surface area is 192 Å². The quantitative estimate of drug-likeness (QED) is 0.289. The molecule has 3 aromatic carbocycles. The SMILES string of the molecule is O=[N+]([O-])c1ccc(OCC(O)CN2Cc3ccc(-c4ccccc4C(F)(F)F)cc3C2)c(F)c1. The van der Waals surface area contributed by atoms with Crippen molar-refractivity contribution in [3.05, 3.63) is 93.3 Å². The second kappa shape index (κ2) is 9.40. The van der Waals surface area contributed by atoms with Crippen LogP contribution in [0.4, 0.5) is 23.2 Å². The number of β-amino-alcohol motifs (C(OH)–C–C–N with tert-alkyl or cyclic N) is 1. The van der Waals surface area contributed by atoms with Crippen molar-refractivity contribution in [1.82, 2.24) is 4.90 Å². The van der Waals surface area contributed by atoms with Gasteiger partial charge in [0, 0.05) is 25.7 Å². The van der Waals surface area contributed by atoms with E-state index in [1.807, 2.05) is 4.90 Å². The van der Waals surface area contributed by atoms with E-state index in [-0.39, 0.29) is 24.5 Å². The Morgan fingerprint density at radius 1 is 1.06 bits per heavy atom. The third-order valence-electron chi connectivity index (χ3n) is 5.56. The minimum Gasteiger partial charge on any atom is -0.488 e. The number of aliphatic hydroxyl groups excluding tert-OH is 1.